The summed E-state index contributed by atoms with van der Waals surface area (Å²) in [6.07, 6.45) is 2.28. The van der Waals surface area contributed by atoms with Crippen LogP contribution in [0.5, 0.6) is 0 Å². The number of rotatable bonds is 1. The molecule has 1 aromatic carbocycles. The van der Waals surface area contributed by atoms with E-state index >= 15 is 0 Å². The van der Waals surface area contributed by atoms with Gasteiger partial charge in [-0.1, -0.05) is 18.2 Å². The Hall–Kier alpha value is -1.88. The van der Waals surface area contributed by atoms with Crippen molar-refractivity contribution in [1.82, 2.24) is 20.4 Å². The van der Waals surface area contributed by atoms with E-state index < -0.39 is 0 Å². The number of fused-ring (bicyclic) bond motifs is 1. The summed E-state index contributed by atoms with van der Waals surface area (Å²) in [6.45, 7) is 3.83. The van der Waals surface area contributed by atoms with Crippen LogP contribution in [-0.4, -0.2) is 47.2 Å². The SMILES string of the molecule is O=C(c1n[nH]c2ccccc12)N1CCC2(CCNC2)C1. The summed E-state index contributed by atoms with van der Waals surface area (Å²) in [5.74, 6) is 0.0613. The van der Waals surface area contributed by atoms with Crippen LogP contribution in [-0.2, 0) is 0 Å². The Morgan fingerprint density at radius 1 is 1.30 bits per heavy atom. The highest BCUT2D eigenvalue weighted by molar-refractivity contribution is 6.04. The summed E-state index contributed by atoms with van der Waals surface area (Å²) in [4.78, 5) is 14.7. The Bertz CT molecular complexity index is 657. The lowest BCUT2D eigenvalue weighted by Gasteiger charge is -2.22. The van der Waals surface area contributed by atoms with E-state index in [0.717, 1.165) is 43.5 Å². The molecule has 2 saturated heterocycles. The Labute approximate surface area is 117 Å². The number of aromatic amines is 1. The summed E-state index contributed by atoms with van der Waals surface area (Å²) < 4.78 is 0. The van der Waals surface area contributed by atoms with Crippen molar-refractivity contribution in [2.24, 2.45) is 5.41 Å². The van der Waals surface area contributed by atoms with Crippen LogP contribution in [0.3, 0.4) is 0 Å². The number of likely N-dealkylation sites (tertiary alicyclic amines) is 1. The van der Waals surface area contributed by atoms with Gasteiger partial charge in [-0.2, -0.15) is 5.10 Å². The minimum absolute atomic E-state index is 0.0613. The van der Waals surface area contributed by atoms with E-state index in [0.29, 0.717) is 11.1 Å². The number of hydrogen-bond acceptors (Lipinski definition) is 3. The number of aromatic nitrogens is 2. The highest BCUT2D eigenvalue weighted by atomic mass is 16.2. The van der Waals surface area contributed by atoms with Crippen LogP contribution >= 0.6 is 0 Å². The molecule has 0 radical (unpaired) electrons. The Morgan fingerprint density at radius 3 is 3.05 bits per heavy atom. The zero-order chi connectivity index (χ0) is 13.6. The molecule has 1 aromatic heterocycles. The molecule has 2 aromatic rings. The van der Waals surface area contributed by atoms with Gasteiger partial charge < -0.3 is 10.2 Å². The highest BCUT2D eigenvalue weighted by Gasteiger charge is 2.42. The summed E-state index contributed by atoms with van der Waals surface area (Å²) in [5, 5.41) is 11.5. The van der Waals surface area contributed by atoms with Gasteiger partial charge in [0.2, 0.25) is 0 Å². The van der Waals surface area contributed by atoms with Crippen molar-refractivity contribution in [2.75, 3.05) is 26.2 Å². The van der Waals surface area contributed by atoms with Gasteiger partial charge in [-0.05, 0) is 25.5 Å². The molecule has 104 valence electrons. The van der Waals surface area contributed by atoms with Gasteiger partial charge in [-0.15, -0.1) is 0 Å². The van der Waals surface area contributed by atoms with E-state index in [1.807, 2.05) is 29.2 Å². The molecule has 1 unspecified atom stereocenters. The lowest BCUT2D eigenvalue weighted by molar-refractivity contribution is 0.0772. The molecule has 4 rings (SSSR count). The predicted octanol–water partition coefficient (Wildman–Crippen LogP) is 1.39. The number of benzene rings is 1. The normalized spacial score (nSPS) is 25.9. The maximum Gasteiger partial charge on any atom is 0.275 e. The van der Waals surface area contributed by atoms with Crippen molar-refractivity contribution >= 4 is 16.8 Å². The molecule has 0 aliphatic carbocycles. The van der Waals surface area contributed by atoms with E-state index in [9.17, 15) is 4.79 Å². The molecule has 5 nitrogen and oxygen atoms in total. The van der Waals surface area contributed by atoms with Gasteiger partial charge in [0.25, 0.3) is 5.91 Å². The van der Waals surface area contributed by atoms with Crippen molar-refractivity contribution < 1.29 is 4.79 Å². The number of hydrogen-bond donors (Lipinski definition) is 2. The van der Waals surface area contributed by atoms with E-state index in [1.165, 1.54) is 6.42 Å². The molecule has 3 heterocycles. The van der Waals surface area contributed by atoms with Gasteiger partial charge in [0.15, 0.2) is 5.69 Å². The van der Waals surface area contributed by atoms with Crippen molar-refractivity contribution in [1.29, 1.82) is 0 Å². The highest BCUT2D eigenvalue weighted by Crippen LogP contribution is 2.36. The minimum atomic E-state index is 0.0613. The zero-order valence-electron chi connectivity index (χ0n) is 11.4. The van der Waals surface area contributed by atoms with Crippen molar-refractivity contribution in [3.63, 3.8) is 0 Å². The van der Waals surface area contributed by atoms with Crippen molar-refractivity contribution in [2.45, 2.75) is 12.8 Å². The number of carbonyl (C=O) groups excluding carboxylic acids is 1. The van der Waals surface area contributed by atoms with Crippen LogP contribution in [0.4, 0.5) is 0 Å². The predicted molar refractivity (Wildman–Crippen MR) is 76.5 cm³/mol. The third-order valence-corrected chi connectivity index (χ3v) is 4.73. The van der Waals surface area contributed by atoms with Gasteiger partial charge in [-0.3, -0.25) is 9.89 Å². The first-order valence-corrected chi connectivity index (χ1v) is 7.21. The standard InChI is InChI=1S/C15H18N4O/c20-14(13-11-3-1-2-4-12(11)17-18-13)19-8-6-15(10-19)5-7-16-9-15/h1-4,16H,5-10H2,(H,17,18). The summed E-state index contributed by atoms with van der Waals surface area (Å²) >= 11 is 0. The minimum Gasteiger partial charge on any atom is -0.337 e. The molecule has 20 heavy (non-hydrogen) atoms. The second kappa shape index (κ2) is 4.31. The van der Waals surface area contributed by atoms with Crippen LogP contribution in [0.2, 0.25) is 0 Å². The number of nitrogens with one attached hydrogen (secondary N) is 2. The fourth-order valence-corrected chi connectivity index (χ4v) is 3.53. The topological polar surface area (TPSA) is 61.0 Å². The zero-order valence-corrected chi connectivity index (χ0v) is 11.4. The largest absolute Gasteiger partial charge is 0.337 e. The van der Waals surface area contributed by atoms with Gasteiger partial charge in [0.05, 0.1) is 5.52 Å². The Balaban J connectivity index is 1.62. The van der Waals surface area contributed by atoms with E-state index in [4.69, 9.17) is 0 Å². The van der Waals surface area contributed by atoms with Crippen molar-refractivity contribution in [3.05, 3.63) is 30.0 Å². The summed E-state index contributed by atoms with van der Waals surface area (Å²) in [5.41, 5.74) is 1.79. The molecule has 2 aliphatic heterocycles. The van der Waals surface area contributed by atoms with Gasteiger partial charge in [-0.25, -0.2) is 0 Å². The first-order valence-electron chi connectivity index (χ1n) is 7.21. The average Bonchev–Trinajstić information content (AvgIpc) is 3.20. The molecule has 2 fully saturated rings. The maximum atomic E-state index is 12.7. The van der Waals surface area contributed by atoms with E-state index in [-0.39, 0.29) is 5.91 Å². The van der Waals surface area contributed by atoms with Crippen molar-refractivity contribution in [3.8, 4) is 0 Å². The fourth-order valence-electron chi connectivity index (χ4n) is 3.53. The Kier molecular flexibility index (Phi) is 2.57. The molecule has 0 saturated carbocycles. The monoisotopic (exact) mass is 270 g/mol. The molecular weight excluding hydrogens is 252 g/mol. The van der Waals surface area contributed by atoms with Crippen LogP contribution in [0.25, 0.3) is 10.9 Å². The summed E-state index contributed by atoms with van der Waals surface area (Å²) in [6, 6.07) is 7.80. The van der Waals surface area contributed by atoms with Gasteiger partial charge in [0, 0.05) is 30.4 Å². The van der Waals surface area contributed by atoms with Crippen LogP contribution in [0, 0.1) is 5.41 Å². The second-order valence-electron chi connectivity index (χ2n) is 6.02. The molecule has 0 bridgehead atoms. The number of amides is 1. The third-order valence-electron chi connectivity index (χ3n) is 4.73. The average molecular weight is 270 g/mol. The molecule has 2 N–H and O–H groups in total. The Morgan fingerprint density at radius 2 is 2.20 bits per heavy atom. The van der Waals surface area contributed by atoms with Crippen LogP contribution in [0.1, 0.15) is 23.3 Å². The molecular formula is C15H18N4O. The lowest BCUT2D eigenvalue weighted by atomic mass is 9.86. The maximum absolute atomic E-state index is 12.7. The number of nitrogens with zero attached hydrogens (tertiary/aromatic N) is 2. The van der Waals surface area contributed by atoms with Gasteiger partial charge in [0.1, 0.15) is 0 Å². The first-order chi connectivity index (χ1) is 9.77. The quantitative estimate of drug-likeness (QED) is 0.823. The molecule has 5 heteroatoms. The van der Waals surface area contributed by atoms with E-state index in [2.05, 4.69) is 15.5 Å². The molecule has 1 atom stereocenters. The molecule has 1 amide bonds. The van der Waals surface area contributed by atoms with Gasteiger partial charge >= 0.3 is 0 Å². The fraction of sp³-hybridized carbons (Fsp3) is 0.467. The number of carbonyl (C=O) groups is 1. The molecule has 1 spiro atoms. The first kappa shape index (κ1) is 11.9. The number of para-hydroxylation sites is 1. The summed E-state index contributed by atoms with van der Waals surface area (Å²) in [7, 11) is 0. The van der Waals surface area contributed by atoms with Crippen LogP contribution in [0.15, 0.2) is 24.3 Å². The third kappa shape index (κ3) is 1.73. The van der Waals surface area contributed by atoms with Crippen LogP contribution < -0.4 is 5.32 Å². The smallest absolute Gasteiger partial charge is 0.275 e. The second-order valence-corrected chi connectivity index (χ2v) is 6.02. The van der Waals surface area contributed by atoms with E-state index in [1.54, 1.807) is 0 Å². The number of H-pyrrole nitrogens is 1. The lowest BCUT2D eigenvalue weighted by Crippen LogP contribution is -2.33. The molecule has 2 aliphatic rings.